The van der Waals surface area contributed by atoms with Crippen LogP contribution in [-0.4, -0.2) is 41.2 Å². The molecule has 3 N–H and O–H groups in total. The van der Waals surface area contributed by atoms with Gasteiger partial charge in [-0.2, -0.15) is 0 Å². The second kappa shape index (κ2) is 11.4. The maximum absolute atomic E-state index is 12.3. The van der Waals surface area contributed by atoms with Gasteiger partial charge in [-0.3, -0.25) is 0 Å². The van der Waals surface area contributed by atoms with E-state index in [1.807, 2.05) is 6.92 Å². The number of hydrogen-bond acceptors (Lipinski definition) is 5. The van der Waals surface area contributed by atoms with Gasteiger partial charge < -0.3 is 25.0 Å². The maximum Gasteiger partial charge on any atom is 1.00 e. The number of carboxylic acid groups (broad SMARTS) is 1. The maximum atomic E-state index is 12.3. The molecule has 0 radical (unpaired) electrons. The van der Waals surface area contributed by atoms with E-state index in [0.717, 1.165) is 31.2 Å². The Labute approximate surface area is 173 Å². The van der Waals surface area contributed by atoms with Crippen molar-refractivity contribution in [3.05, 3.63) is 35.4 Å². The molecule has 8 heteroatoms. The van der Waals surface area contributed by atoms with E-state index in [0.29, 0.717) is 0 Å². The largest absolute Gasteiger partial charge is 1.00 e. The van der Waals surface area contributed by atoms with Crippen LogP contribution in [0.15, 0.2) is 24.3 Å². The molecule has 3 atom stereocenters. The topological polar surface area (TPSA) is 110 Å². The number of carbonyl (C=O) groups is 1. The van der Waals surface area contributed by atoms with Gasteiger partial charge >= 0.3 is 24.8 Å². The Morgan fingerprint density at radius 3 is 2.63 bits per heavy atom. The van der Waals surface area contributed by atoms with E-state index in [-0.39, 0.29) is 55.3 Å². The number of aliphatic hydroxyl groups excluding tert-OH is 1. The molecule has 6 nitrogen and oxygen atoms in total. The molecule has 0 spiro atoms. The first-order valence-electron chi connectivity index (χ1n) is 9.30. The Morgan fingerprint density at radius 2 is 2.00 bits per heavy atom. The SMILES string of the molecule is C[C@H](NC[C@@H](O)CP(=O)([O-])CC1CCCCC1)c1cccc(C(=O)O)c1.[Li+]. The van der Waals surface area contributed by atoms with Crippen molar-refractivity contribution in [3.8, 4) is 0 Å². The van der Waals surface area contributed by atoms with E-state index in [9.17, 15) is 19.4 Å². The van der Waals surface area contributed by atoms with Crippen LogP contribution in [0.4, 0.5) is 0 Å². The van der Waals surface area contributed by atoms with E-state index >= 15 is 0 Å². The summed E-state index contributed by atoms with van der Waals surface area (Å²) in [6.07, 6.45) is 4.34. The van der Waals surface area contributed by atoms with Crippen LogP contribution >= 0.6 is 7.37 Å². The van der Waals surface area contributed by atoms with Crippen LogP contribution in [-0.2, 0) is 4.57 Å². The predicted molar refractivity (Wildman–Crippen MR) is 99.7 cm³/mol. The van der Waals surface area contributed by atoms with Gasteiger partial charge in [0.15, 0.2) is 0 Å². The van der Waals surface area contributed by atoms with Crippen molar-refractivity contribution < 1.29 is 43.3 Å². The van der Waals surface area contributed by atoms with Gasteiger partial charge in [0.2, 0.25) is 0 Å². The third-order valence-corrected chi connectivity index (χ3v) is 7.09. The van der Waals surface area contributed by atoms with Crippen LogP contribution < -0.4 is 29.1 Å². The molecule has 1 aliphatic carbocycles. The Hall–Kier alpha value is -0.603. The third kappa shape index (κ3) is 8.52. The molecule has 1 unspecified atom stereocenters. The summed E-state index contributed by atoms with van der Waals surface area (Å²) >= 11 is 0. The zero-order chi connectivity index (χ0) is 19.2. The van der Waals surface area contributed by atoms with Crippen LogP contribution in [0.3, 0.4) is 0 Å². The molecule has 1 aromatic carbocycles. The summed E-state index contributed by atoms with van der Waals surface area (Å²) in [6, 6.07) is 6.38. The van der Waals surface area contributed by atoms with Crippen molar-refractivity contribution in [2.45, 2.75) is 51.2 Å². The molecule has 2 rings (SSSR count). The molecular formula is C19H29LiNO5P. The molecule has 1 aliphatic rings. The molecular weight excluding hydrogens is 360 g/mol. The van der Waals surface area contributed by atoms with Crippen LogP contribution in [0.2, 0.25) is 0 Å². The molecule has 0 saturated heterocycles. The molecule has 0 aromatic heterocycles. The zero-order valence-electron chi connectivity index (χ0n) is 16.3. The van der Waals surface area contributed by atoms with Gasteiger partial charge in [0.05, 0.1) is 11.7 Å². The quantitative estimate of drug-likeness (QED) is 0.392. The van der Waals surface area contributed by atoms with Crippen molar-refractivity contribution >= 4 is 13.3 Å². The first kappa shape index (κ1) is 24.4. The number of hydrogen-bond donors (Lipinski definition) is 3. The Kier molecular flexibility index (Phi) is 10.3. The Bertz CT molecular complexity index is 651. The number of rotatable bonds is 9. The van der Waals surface area contributed by atoms with E-state index in [1.165, 1.54) is 12.5 Å². The summed E-state index contributed by atoms with van der Waals surface area (Å²) in [7, 11) is -3.59. The van der Waals surface area contributed by atoms with Crippen molar-refractivity contribution in [2.24, 2.45) is 5.92 Å². The monoisotopic (exact) mass is 389 g/mol. The minimum Gasteiger partial charge on any atom is -0.799 e. The van der Waals surface area contributed by atoms with Gasteiger partial charge in [0.1, 0.15) is 0 Å². The average Bonchev–Trinajstić information content (AvgIpc) is 2.59. The second-order valence-electron chi connectivity index (χ2n) is 7.40. The Morgan fingerprint density at radius 1 is 1.33 bits per heavy atom. The van der Waals surface area contributed by atoms with Crippen LogP contribution in [0.1, 0.15) is 61.0 Å². The summed E-state index contributed by atoms with van der Waals surface area (Å²) < 4.78 is 12.3. The molecule has 146 valence electrons. The van der Waals surface area contributed by atoms with Gasteiger partial charge in [-0.05, 0) is 36.7 Å². The van der Waals surface area contributed by atoms with Crippen LogP contribution in [0.25, 0.3) is 0 Å². The number of carboxylic acids is 1. The van der Waals surface area contributed by atoms with Crippen LogP contribution in [0, 0.1) is 5.92 Å². The smallest absolute Gasteiger partial charge is 0.799 e. The predicted octanol–water partition coefficient (Wildman–Crippen LogP) is -0.381. The molecule has 0 bridgehead atoms. The van der Waals surface area contributed by atoms with Crippen molar-refractivity contribution in [1.29, 1.82) is 0 Å². The van der Waals surface area contributed by atoms with Crippen LogP contribution in [0.5, 0.6) is 0 Å². The van der Waals surface area contributed by atoms with Crippen molar-refractivity contribution in [1.82, 2.24) is 5.32 Å². The summed E-state index contributed by atoms with van der Waals surface area (Å²) in [5.41, 5.74) is 0.984. The molecule has 27 heavy (non-hydrogen) atoms. The van der Waals surface area contributed by atoms with Crippen molar-refractivity contribution in [3.63, 3.8) is 0 Å². The minimum atomic E-state index is -3.59. The molecule has 1 fully saturated rings. The zero-order valence-corrected chi connectivity index (χ0v) is 17.2. The first-order valence-corrected chi connectivity index (χ1v) is 11.3. The fraction of sp³-hybridized carbons (Fsp3) is 0.632. The van der Waals surface area contributed by atoms with Gasteiger partial charge in [-0.1, -0.05) is 44.2 Å². The van der Waals surface area contributed by atoms with Gasteiger partial charge in [0, 0.05) is 26.1 Å². The van der Waals surface area contributed by atoms with Gasteiger partial charge in [-0.25, -0.2) is 4.79 Å². The normalized spacial score (nSPS) is 19.5. The molecule has 0 aliphatic heterocycles. The van der Waals surface area contributed by atoms with Crippen molar-refractivity contribution in [2.75, 3.05) is 18.9 Å². The van der Waals surface area contributed by atoms with Gasteiger partial charge in [0.25, 0.3) is 0 Å². The summed E-state index contributed by atoms with van der Waals surface area (Å²) in [6.45, 7) is 2.00. The molecule has 1 aromatic rings. The average molecular weight is 389 g/mol. The summed E-state index contributed by atoms with van der Waals surface area (Å²) in [4.78, 5) is 23.4. The van der Waals surface area contributed by atoms with E-state index < -0.39 is 19.4 Å². The second-order valence-corrected chi connectivity index (χ2v) is 9.76. The fourth-order valence-electron chi connectivity index (χ4n) is 3.59. The first-order chi connectivity index (χ1) is 12.3. The summed E-state index contributed by atoms with van der Waals surface area (Å²) in [5.74, 6) is -0.751. The summed E-state index contributed by atoms with van der Waals surface area (Å²) in [5, 5.41) is 22.3. The van der Waals surface area contributed by atoms with E-state index in [4.69, 9.17) is 5.11 Å². The number of aliphatic hydroxyl groups is 1. The standard InChI is InChI=1S/C19H30NO5P.Li/c1-14(16-8-5-9-17(10-16)19(22)23)20-11-18(21)13-26(24,25)12-15-6-3-2-4-7-15;/h5,8-10,14-15,18,20-21H,2-4,6-7,11-13H2,1H3,(H,22,23)(H,24,25);/q;+1/p-1/t14-,18+;/m0./s1. The molecule has 1 saturated carbocycles. The van der Waals surface area contributed by atoms with E-state index in [2.05, 4.69) is 5.32 Å². The third-order valence-electron chi connectivity index (χ3n) is 5.04. The van der Waals surface area contributed by atoms with E-state index in [1.54, 1.807) is 18.2 Å². The number of benzene rings is 1. The van der Waals surface area contributed by atoms with Gasteiger partial charge in [-0.15, -0.1) is 0 Å². The molecule has 0 amide bonds. The number of nitrogens with one attached hydrogen (secondary N) is 1. The fourth-order valence-corrected chi connectivity index (χ4v) is 5.67. The minimum absolute atomic E-state index is 0. The number of aromatic carboxylic acids is 1. The Balaban J connectivity index is 0.00000364. The molecule has 0 heterocycles.